The van der Waals surface area contributed by atoms with Crippen molar-refractivity contribution in [2.24, 2.45) is 0 Å². The van der Waals surface area contributed by atoms with Crippen molar-refractivity contribution in [2.45, 2.75) is 25.4 Å². The Morgan fingerprint density at radius 2 is 2.00 bits per heavy atom. The summed E-state index contributed by atoms with van der Waals surface area (Å²) in [5.74, 6) is 0. The van der Waals surface area contributed by atoms with Crippen LogP contribution in [0.15, 0.2) is 11.6 Å². The van der Waals surface area contributed by atoms with Crippen LogP contribution in [-0.2, 0) is 0 Å². The second-order valence-corrected chi connectivity index (χ2v) is 2.12. The van der Waals surface area contributed by atoms with Gasteiger partial charge in [0.25, 0.3) is 0 Å². The molecule has 0 unspecified atom stereocenters. The van der Waals surface area contributed by atoms with Crippen molar-refractivity contribution in [1.82, 2.24) is 0 Å². The van der Waals surface area contributed by atoms with E-state index in [2.05, 4.69) is 0 Å². The molecule has 3 heteroatoms. The van der Waals surface area contributed by atoms with Gasteiger partial charge in [0.15, 0.2) is 0 Å². The first-order chi connectivity index (χ1) is 4.11. The normalized spacial score (nSPS) is 20.1. The highest BCUT2D eigenvalue weighted by molar-refractivity contribution is 5.12. The number of rotatable bonds is 0. The lowest BCUT2D eigenvalue weighted by Crippen LogP contribution is -2.09. The van der Waals surface area contributed by atoms with Crippen LogP contribution in [0.3, 0.4) is 0 Å². The molecule has 1 aliphatic carbocycles. The van der Waals surface area contributed by atoms with Crippen LogP contribution in [-0.4, -0.2) is 6.18 Å². The van der Waals surface area contributed by atoms with Gasteiger partial charge < -0.3 is 0 Å². The van der Waals surface area contributed by atoms with Crippen molar-refractivity contribution in [3.63, 3.8) is 0 Å². The number of hydrogen-bond acceptors (Lipinski definition) is 0. The molecule has 0 aromatic carbocycles. The number of hydrogen-bond donors (Lipinski definition) is 0. The van der Waals surface area contributed by atoms with Gasteiger partial charge in [-0.05, 0) is 19.3 Å². The molecular weight excluding hydrogens is 129 g/mol. The highest BCUT2D eigenvalue weighted by Gasteiger charge is 2.33. The Labute approximate surface area is 51.4 Å². The fourth-order valence-corrected chi connectivity index (χ4v) is 0.928. The van der Waals surface area contributed by atoms with Crippen LogP contribution in [0.1, 0.15) is 19.3 Å². The summed E-state index contributed by atoms with van der Waals surface area (Å²) in [7, 11) is 0. The zero-order valence-electron chi connectivity index (χ0n) is 4.83. The molecule has 0 atom stereocenters. The third kappa shape index (κ3) is 1.47. The number of allylic oxidation sites excluding steroid dienone is 2. The van der Waals surface area contributed by atoms with E-state index in [9.17, 15) is 13.2 Å². The van der Waals surface area contributed by atoms with E-state index in [0.717, 1.165) is 0 Å². The van der Waals surface area contributed by atoms with E-state index in [1.807, 2.05) is 0 Å². The Kier molecular flexibility index (Phi) is 1.51. The Hall–Kier alpha value is -0.470. The van der Waals surface area contributed by atoms with Crippen molar-refractivity contribution in [3.05, 3.63) is 11.6 Å². The first-order valence-electron chi connectivity index (χ1n) is 2.87. The first kappa shape index (κ1) is 6.65. The summed E-state index contributed by atoms with van der Waals surface area (Å²) >= 11 is 0. The van der Waals surface area contributed by atoms with Crippen LogP contribution < -0.4 is 0 Å². The Bertz CT molecular complexity index is 132. The molecule has 9 heavy (non-hydrogen) atoms. The summed E-state index contributed by atoms with van der Waals surface area (Å²) in [5, 5.41) is 0. The average molecular weight is 136 g/mol. The topological polar surface area (TPSA) is 0 Å². The van der Waals surface area contributed by atoms with Gasteiger partial charge in [-0.2, -0.15) is 13.2 Å². The predicted molar refractivity (Wildman–Crippen MR) is 28.0 cm³/mol. The third-order valence-electron chi connectivity index (χ3n) is 1.41. The molecule has 0 aromatic heterocycles. The van der Waals surface area contributed by atoms with Crippen LogP contribution in [0.2, 0.25) is 0 Å². The molecule has 0 saturated carbocycles. The smallest absolute Gasteiger partial charge is 0.166 e. The molecule has 0 N–H and O–H groups in total. The molecule has 0 spiro atoms. The van der Waals surface area contributed by atoms with E-state index in [1.54, 1.807) is 0 Å². The molecule has 0 bridgehead atoms. The van der Waals surface area contributed by atoms with Crippen LogP contribution in [0, 0.1) is 0 Å². The van der Waals surface area contributed by atoms with Crippen LogP contribution >= 0.6 is 0 Å². The monoisotopic (exact) mass is 136 g/mol. The van der Waals surface area contributed by atoms with Crippen LogP contribution in [0.5, 0.6) is 0 Å². The summed E-state index contributed by atoms with van der Waals surface area (Å²) < 4.78 is 35.1. The molecule has 0 nitrogen and oxygen atoms in total. The molecule has 0 amide bonds. The van der Waals surface area contributed by atoms with E-state index in [1.165, 1.54) is 6.08 Å². The van der Waals surface area contributed by atoms with Gasteiger partial charge in [-0.3, -0.25) is 0 Å². The molecule has 0 aliphatic heterocycles. The minimum Gasteiger partial charge on any atom is -0.166 e. The van der Waals surface area contributed by atoms with Gasteiger partial charge in [0.1, 0.15) is 0 Å². The second kappa shape index (κ2) is 2.05. The maximum atomic E-state index is 11.7. The molecular formula is C6H7F3. The van der Waals surface area contributed by atoms with Crippen molar-refractivity contribution in [3.8, 4) is 0 Å². The molecule has 52 valence electrons. The van der Waals surface area contributed by atoms with Crippen molar-refractivity contribution >= 4 is 0 Å². The number of alkyl halides is 3. The molecule has 1 aliphatic rings. The van der Waals surface area contributed by atoms with Gasteiger partial charge in [-0.1, -0.05) is 6.08 Å². The molecule has 1 rings (SSSR count). The summed E-state index contributed by atoms with van der Waals surface area (Å²) in [6, 6.07) is 0. The maximum absolute atomic E-state index is 11.7. The molecule has 0 aromatic rings. The van der Waals surface area contributed by atoms with E-state index in [-0.39, 0.29) is 12.0 Å². The lowest BCUT2D eigenvalue weighted by atomic mass is 10.2. The summed E-state index contributed by atoms with van der Waals surface area (Å²) in [6.45, 7) is 0. The lowest BCUT2D eigenvalue weighted by Gasteiger charge is -2.04. The van der Waals surface area contributed by atoms with E-state index in [4.69, 9.17) is 0 Å². The average Bonchev–Trinajstić information content (AvgIpc) is 2.08. The standard InChI is InChI=1S/C6H7F3/c7-6(8,9)5-3-1-2-4-5/h3H,1-2,4H2. The van der Waals surface area contributed by atoms with E-state index >= 15 is 0 Å². The zero-order chi connectivity index (χ0) is 6.91. The van der Waals surface area contributed by atoms with E-state index in [0.29, 0.717) is 12.8 Å². The van der Waals surface area contributed by atoms with Gasteiger partial charge in [0, 0.05) is 5.57 Å². The fourth-order valence-electron chi connectivity index (χ4n) is 0.928. The van der Waals surface area contributed by atoms with Crippen LogP contribution in [0.4, 0.5) is 13.2 Å². The van der Waals surface area contributed by atoms with Crippen molar-refractivity contribution in [2.75, 3.05) is 0 Å². The zero-order valence-corrected chi connectivity index (χ0v) is 4.83. The Balaban J connectivity index is 2.61. The summed E-state index contributed by atoms with van der Waals surface area (Å²) in [5.41, 5.74) is -0.345. The minimum atomic E-state index is -4.06. The fraction of sp³-hybridized carbons (Fsp3) is 0.667. The molecule has 0 heterocycles. The lowest BCUT2D eigenvalue weighted by molar-refractivity contribution is -0.0931. The van der Waals surface area contributed by atoms with Crippen molar-refractivity contribution in [1.29, 1.82) is 0 Å². The van der Waals surface area contributed by atoms with Gasteiger partial charge in [0.05, 0.1) is 0 Å². The predicted octanol–water partition coefficient (Wildman–Crippen LogP) is 2.66. The Morgan fingerprint density at radius 3 is 2.22 bits per heavy atom. The van der Waals surface area contributed by atoms with Gasteiger partial charge >= 0.3 is 6.18 Å². The second-order valence-electron chi connectivity index (χ2n) is 2.12. The van der Waals surface area contributed by atoms with E-state index < -0.39 is 6.18 Å². The SMILES string of the molecule is FC(F)(F)C1=CCCC1. The first-order valence-corrected chi connectivity index (χ1v) is 2.87. The number of halogens is 3. The largest absolute Gasteiger partial charge is 0.412 e. The Morgan fingerprint density at radius 1 is 1.33 bits per heavy atom. The van der Waals surface area contributed by atoms with Gasteiger partial charge in [0.2, 0.25) is 0 Å². The highest BCUT2D eigenvalue weighted by Crippen LogP contribution is 2.33. The third-order valence-corrected chi connectivity index (χ3v) is 1.41. The maximum Gasteiger partial charge on any atom is 0.412 e. The van der Waals surface area contributed by atoms with Crippen molar-refractivity contribution < 1.29 is 13.2 Å². The van der Waals surface area contributed by atoms with Gasteiger partial charge in [-0.15, -0.1) is 0 Å². The highest BCUT2D eigenvalue weighted by atomic mass is 19.4. The van der Waals surface area contributed by atoms with Gasteiger partial charge in [-0.25, -0.2) is 0 Å². The molecule has 0 radical (unpaired) electrons. The van der Waals surface area contributed by atoms with Crippen LogP contribution in [0.25, 0.3) is 0 Å². The minimum absolute atomic E-state index is 0.212. The summed E-state index contributed by atoms with van der Waals surface area (Å²) in [6.07, 6.45) is -1.32. The summed E-state index contributed by atoms with van der Waals surface area (Å²) in [4.78, 5) is 0. The molecule has 0 saturated heterocycles. The molecule has 0 fully saturated rings. The quantitative estimate of drug-likeness (QED) is 0.449.